The summed E-state index contributed by atoms with van der Waals surface area (Å²) in [6.45, 7) is 3.78. The molecule has 0 bridgehead atoms. The lowest BCUT2D eigenvalue weighted by Gasteiger charge is -2.25. The van der Waals surface area contributed by atoms with Gasteiger partial charge in [-0.3, -0.25) is 0 Å². The van der Waals surface area contributed by atoms with Gasteiger partial charge in [0, 0.05) is 26.5 Å². The highest BCUT2D eigenvalue weighted by Crippen LogP contribution is 2.43. The Labute approximate surface area is 142 Å². The van der Waals surface area contributed by atoms with E-state index in [9.17, 15) is 0 Å². The first-order valence-electron chi connectivity index (χ1n) is 7.10. The molecule has 4 heteroatoms. The Balaban J connectivity index is 2.01. The highest BCUT2D eigenvalue weighted by Gasteiger charge is 2.32. The lowest BCUT2D eigenvalue weighted by atomic mass is 9.88. The smallest absolute Gasteiger partial charge is 0.122 e. The van der Waals surface area contributed by atoms with Gasteiger partial charge in [0.2, 0.25) is 0 Å². The normalized spacial score (nSPS) is 18.1. The lowest BCUT2D eigenvalue weighted by molar-refractivity contribution is 0.300. The Hall–Kier alpha value is -0.840. The molecule has 2 aromatic rings. The van der Waals surface area contributed by atoms with Crippen molar-refractivity contribution in [3.05, 3.63) is 62.5 Å². The molecule has 110 valence electrons. The van der Waals surface area contributed by atoms with Crippen molar-refractivity contribution in [3.63, 3.8) is 0 Å². The molecule has 1 aliphatic heterocycles. The number of rotatable bonds is 4. The van der Waals surface area contributed by atoms with E-state index in [1.165, 1.54) is 11.1 Å². The highest BCUT2D eigenvalue weighted by molar-refractivity contribution is 9.11. The first kappa shape index (κ1) is 15.1. The van der Waals surface area contributed by atoms with Crippen molar-refractivity contribution in [1.29, 1.82) is 0 Å². The van der Waals surface area contributed by atoms with Crippen LogP contribution in [0.1, 0.15) is 30.0 Å². The minimum atomic E-state index is 0.227. The summed E-state index contributed by atoms with van der Waals surface area (Å²) < 4.78 is 8.08. The van der Waals surface area contributed by atoms with Gasteiger partial charge in [0.15, 0.2) is 0 Å². The molecule has 0 spiro atoms. The average Bonchev–Trinajstić information content (AvgIpc) is 2.91. The predicted molar refractivity (Wildman–Crippen MR) is 92.9 cm³/mol. The topological polar surface area (TPSA) is 21.3 Å². The summed E-state index contributed by atoms with van der Waals surface area (Å²) in [6.07, 6.45) is 0. The molecule has 1 N–H and O–H groups in total. The molecular formula is C17H17Br2NO. The van der Waals surface area contributed by atoms with Crippen LogP contribution in [-0.4, -0.2) is 13.2 Å². The van der Waals surface area contributed by atoms with Gasteiger partial charge in [-0.2, -0.15) is 0 Å². The van der Waals surface area contributed by atoms with Crippen molar-refractivity contribution in [3.8, 4) is 5.75 Å². The fourth-order valence-corrected chi connectivity index (χ4v) is 3.78. The Kier molecular flexibility index (Phi) is 4.67. The monoisotopic (exact) mass is 409 g/mol. The molecule has 0 amide bonds. The van der Waals surface area contributed by atoms with Crippen molar-refractivity contribution in [2.75, 3.05) is 13.2 Å². The van der Waals surface area contributed by atoms with E-state index in [-0.39, 0.29) is 6.04 Å². The van der Waals surface area contributed by atoms with E-state index < -0.39 is 0 Å². The number of fused-ring (bicyclic) bond motifs is 1. The Morgan fingerprint density at radius 3 is 2.86 bits per heavy atom. The zero-order valence-electron chi connectivity index (χ0n) is 11.8. The first-order valence-corrected chi connectivity index (χ1v) is 8.69. The van der Waals surface area contributed by atoms with Gasteiger partial charge in [-0.05, 0) is 36.4 Å². The second-order valence-corrected chi connectivity index (χ2v) is 6.93. The van der Waals surface area contributed by atoms with Gasteiger partial charge in [0.05, 0.1) is 6.61 Å². The maximum atomic E-state index is 5.86. The Morgan fingerprint density at radius 2 is 2.05 bits per heavy atom. The van der Waals surface area contributed by atoms with E-state index in [0.29, 0.717) is 5.92 Å². The zero-order valence-corrected chi connectivity index (χ0v) is 14.9. The van der Waals surface area contributed by atoms with Gasteiger partial charge in [-0.25, -0.2) is 0 Å². The molecule has 3 rings (SSSR count). The van der Waals surface area contributed by atoms with E-state index in [1.54, 1.807) is 0 Å². The number of nitrogens with one attached hydrogen (secondary N) is 1. The van der Waals surface area contributed by atoms with Crippen molar-refractivity contribution < 1.29 is 4.74 Å². The predicted octanol–water partition coefficient (Wildman–Crippen LogP) is 5.04. The summed E-state index contributed by atoms with van der Waals surface area (Å²) in [5.74, 6) is 1.34. The van der Waals surface area contributed by atoms with Gasteiger partial charge >= 0.3 is 0 Å². The van der Waals surface area contributed by atoms with Crippen LogP contribution in [0.25, 0.3) is 0 Å². The maximum absolute atomic E-state index is 5.86. The quantitative estimate of drug-likeness (QED) is 0.762. The van der Waals surface area contributed by atoms with Crippen LogP contribution in [-0.2, 0) is 0 Å². The zero-order chi connectivity index (χ0) is 14.8. The van der Waals surface area contributed by atoms with Crippen molar-refractivity contribution in [2.45, 2.75) is 18.9 Å². The average molecular weight is 411 g/mol. The van der Waals surface area contributed by atoms with Gasteiger partial charge in [-0.1, -0.05) is 57.0 Å². The largest absolute Gasteiger partial charge is 0.493 e. The number of benzene rings is 2. The number of hydrogen-bond acceptors (Lipinski definition) is 2. The summed E-state index contributed by atoms with van der Waals surface area (Å²) >= 11 is 7.26. The molecule has 0 saturated carbocycles. The summed E-state index contributed by atoms with van der Waals surface area (Å²) in [4.78, 5) is 0. The fourth-order valence-electron chi connectivity index (χ4n) is 2.91. The van der Waals surface area contributed by atoms with E-state index in [2.05, 4.69) is 74.4 Å². The molecule has 21 heavy (non-hydrogen) atoms. The highest BCUT2D eigenvalue weighted by atomic mass is 79.9. The van der Waals surface area contributed by atoms with Crippen LogP contribution in [0, 0.1) is 0 Å². The van der Waals surface area contributed by atoms with E-state index in [4.69, 9.17) is 4.74 Å². The SMILES string of the molecule is CCNC(c1cc(Br)ccc1Br)C1COc2ccccc21. The van der Waals surface area contributed by atoms with Gasteiger partial charge in [0.25, 0.3) is 0 Å². The van der Waals surface area contributed by atoms with Crippen LogP contribution >= 0.6 is 31.9 Å². The Morgan fingerprint density at radius 1 is 1.24 bits per heavy atom. The van der Waals surface area contributed by atoms with E-state index in [0.717, 1.165) is 27.8 Å². The second kappa shape index (κ2) is 6.51. The third-order valence-corrected chi connectivity index (χ3v) is 5.07. The molecular weight excluding hydrogens is 394 g/mol. The number of halogens is 2. The first-order chi connectivity index (χ1) is 10.2. The van der Waals surface area contributed by atoms with Gasteiger partial charge < -0.3 is 10.1 Å². The third kappa shape index (κ3) is 3.03. The minimum Gasteiger partial charge on any atom is -0.493 e. The van der Waals surface area contributed by atoms with Crippen LogP contribution in [0.15, 0.2) is 51.4 Å². The molecule has 0 radical (unpaired) electrons. The van der Waals surface area contributed by atoms with Gasteiger partial charge in [0.1, 0.15) is 5.75 Å². The standard InChI is InChI=1S/C17H17Br2NO/c1-2-20-17(13-9-11(18)7-8-15(13)19)14-10-21-16-6-4-3-5-12(14)16/h3-9,14,17,20H,2,10H2,1H3. The maximum Gasteiger partial charge on any atom is 0.122 e. The molecule has 0 aliphatic carbocycles. The number of likely N-dealkylation sites (N-methyl/N-ethyl adjacent to an activating group) is 1. The lowest BCUT2D eigenvalue weighted by Crippen LogP contribution is -2.28. The fraction of sp³-hybridized carbons (Fsp3) is 0.294. The van der Waals surface area contributed by atoms with Crippen LogP contribution in [0.3, 0.4) is 0 Å². The minimum absolute atomic E-state index is 0.227. The molecule has 2 atom stereocenters. The van der Waals surface area contributed by atoms with Crippen molar-refractivity contribution >= 4 is 31.9 Å². The summed E-state index contributed by atoms with van der Waals surface area (Å²) in [6, 6.07) is 14.9. The van der Waals surface area contributed by atoms with Crippen LogP contribution < -0.4 is 10.1 Å². The number of hydrogen-bond donors (Lipinski definition) is 1. The summed E-state index contributed by atoms with van der Waals surface area (Å²) in [5, 5.41) is 3.62. The molecule has 1 aliphatic rings. The van der Waals surface area contributed by atoms with Crippen LogP contribution in [0.4, 0.5) is 0 Å². The number of ether oxygens (including phenoxy) is 1. The number of para-hydroxylation sites is 1. The Bertz CT molecular complexity index is 644. The second-order valence-electron chi connectivity index (χ2n) is 5.16. The van der Waals surface area contributed by atoms with Crippen molar-refractivity contribution in [1.82, 2.24) is 5.32 Å². The van der Waals surface area contributed by atoms with Gasteiger partial charge in [-0.15, -0.1) is 0 Å². The summed E-state index contributed by atoms with van der Waals surface area (Å²) in [7, 11) is 0. The molecule has 1 heterocycles. The molecule has 2 unspecified atom stereocenters. The van der Waals surface area contributed by atoms with Crippen LogP contribution in [0.5, 0.6) is 5.75 Å². The third-order valence-electron chi connectivity index (χ3n) is 3.86. The summed E-state index contributed by atoms with van der Waals surface area (Å²) in [5.41, 5.74) is 2.55. The molecule has 2 nitrogen and oxygen atoms in total. The van der Waals surface area contributed by atoms with E-state index in [1.807, 2.05) is 12.1 Å². The molecule has 2 aromatic carbocycles. The molecule has 0 saturated heterocycles. The molecule has 0 fully saturated rings. The van der Waals surface area contributed by atoms with E-state index >= 15 is 0 Å². The van der Waals surface area contributed by atoms with Crippen LogP contribution in [0.2, 0.25) is 0 Å². The molecule has 0 aromatic heterocycles. The van der Waals surface area contributed by atoms with Crippen molar-refractivity contribution in [2.24, 2.45) is 0 Å².